The second-order valence-electron chi connectivity index (χ2n) is 4.86. The number of morpholine rings is 1. The molecule has 1 aliphatic carbocycles. The molecule has 92 valence electrons. The second kappa shape index (κ2) is 5.64. The molecule has 1 saturated carbocycles. The molecule has 2 fully saturated rings. The molecule has 0 aromatic carbocycles. The van der Waals surface area contributed by atoms with Crippen molar-refractivity contribution in [1.82, 2.24) is 4.90 Å². The normalized spacial score (nSPS) is 29.1. The summed E-state index contributed by atoms with van der Waals surface area (Å²) in [6.07, 6.45) is 6.61. The van der Waals surface area contributed by atoms with Crippen LogP contribution in [0.1, 0.15) is 38.5 Å². The lowest BCUT2D eigenvalue weighted by atomic mass is 9.92. The van der Waals surface area contributed by atoms with Crippen LogP contribution < -0.4 is 0 Å². The van der Waals surface area contributed by atoms with Crippen molar-refractivity contribution in [1.29, 1.82) is 0 Å². The van der Waals surface area contributed by atoms with Crippen LogP contribution in [0, 0.1) is 0 Å². The highest BCUT2D eigenvalue weighted by molar-refractivity contribution is 5.67. The molecule has 1 heterocycles. The van der Waals surface area contributed by atoms with Crippen molar-refractivity contribution in [2.75, 3.05) is 19.8 Å². The van der Waals surface area contributed by atoms with Gasteiger partial charge in [0.25, 0.3) is 0 Å². The summed E-state index contributed by atoms with van der Waals surface area (Å²) < 4.78 is 5.40. The molecule has 1 saturated heterocycles. The van der Waals surface area contributed by atoms with Crippen molar-refractivity contribution < 1.29 is 14.6 Å². The molecule has 0 radical (unpaired) electrons. The quantitative estimate of drug-likeness (QED) is 0.793. The number of hydrogen-bond donors (Lipinski definition) is 1. The van der Waals surface area contributed by atoms with Gasteiger partial charge in [-0.3, -0.25) is 9.69 Å². The Balaban J connectivity index is 1.94. The number of rotatable bonds is 3. The molecule has 0 bridgehead atoms. The Morgan fingerprint density at radius 2 is 2.06 bits per heavy atom. The third-order valence-corrected chi connectivity index (χ3v) is 3.73. The lowest BCUT2D eigenvalue weighted by Gasteiger charge is -2.42. The summed E-state index contributed by atoms with van der Waals surface area (Å²) in [5.41, 5.74) is 0. The van der Waals surface area contributed by atoms with Gasteiger partial charge in [-0.2, -0.15) is 0 Å². The molecule has 4 heteroatoms. The van der Waals surface area contributed by atoms with E-state index >= 15 is 0 Å². The number of carboxylic acids is 1. The Labute approximate surface area is 96.6 Å². The molecule has 1 N–H and O–H groups in total. The zero-order valence-corrected chi connectivity index (χ0v) is 9.73. The van der Waals surface area contributed by atoms with Gasteiger partial charge in [0.05, 0.1) is 19.6 Å². The maximum Gasteiger partial charge on any atom is 0.305 e. The van der Waals surface area contributed by atoms with Gasteiger partial charge in [-0.15, -0.1) is 0 Å². The standard InChI is InChI=1S/C12H21NO3/c14-12(15)8-11-9-16-7-6-13(11)10-4-2-1-3-5-10/h10-11H,1-9H2,(H,14,15). The van der Waals surface area contributed by atoms with E-state index in [2.05, 4.69) is 4.90 Å². The first kappa shape index (κ1) is 11.9. The molecule has 0 aromatic heterocycles. The van der Waals surface area contributed by atoms with Crippen molar-refractivity contribution in [3.8, 4) is 0 Å². The van der Waals surface area contributed by atoms with Gasteiger partial charge in [0.1, 0.15) is 0 Å². The SMILES string of the molecule is O=C(O)CC1COCCN1C1CCCCC1. The lowest BCUT2D eigenvalue weighted by Crippen LogP contribution is -2.52. The number of carbonyl (C=O) groups is 1. The molecule has 0 spiro atoms. The average molecular weight is 227 g/mol. The molecule has 1 atom stereocenters. The summed E-state index contributed by atoms with van der Waals surface area (Å²) >= 11 is 0. The lowest BCUT2D eigenvalue weighted by molar-refractivity contribution is -0.141. The summed E-state index contributed by atoms with van der Waals surface area (Å²) in [7, 11) is 0. The Hall–Kier alpha value is -0.610. The number of aliphatic carboxylic acids is 1. The minimum atomic E-state index is -0.712. The van der Waals surface area contributed by atoms with E-state index in [0.29, 0.717) is 12.6 Å². The minimum Gasteiger partial charge on any atom is -0.481 e. The summed E-state index contributed by atoms with van der Waals surface area (Å²) in [5.74, 6) is -0.712. The molecule has 4 nitrogen and oxygen atoms in total. The van der Waals surface area contributed by atoms with Gasteiger partial charge < -0.3 is 9.84 Å². The van der Waals surface area contributed by atoms with Crippen molar-refractivity contribution in [2.24, 2.45) is 0 Å². The maximum atomic E-state index is 10.8. The van der Waals surface area contributed by atoms with E-state index in [1.807, 2.05) is 0 Å². The molecular weight excluding hydrogens is 206 g/mol. The third-order valence-electron chi connectivity index (χ3n) is 3.73. The number of carboxylic acid groups (broad SMARTS) is 1. The molecule has 1 aliphatic heterocycles. The Bertz CT molecular complexity index is 238. The summed E-state index contributed by atoms with van der Waals surface area (Å²) in [5, 5.41) is 8.90. The van der Waals surface area contributed by atoms with Crippen LogP contribution in [0.25, 0.3) is 0 Å². The van der Waals surface area contributed by atoms with Gasteiger partial charge in [0.15, 0.2) is 0 Å². The van der Waals surface area contributed by atoms with E-state index in [9.17, 15) is 4.79 Å². The zero-order chi connectivity index (χ0) is 11.4. The van der Waals surface area contributed by atoms with E-state index in [0.717, 1.165) is 13.2 Å². The fourth-order valence-corrected chi connectivity index (χ4v) is 2.94. The molecule has 16 heavy (non-hydrogen) atoms. The third kappa shape index (κ3) is 2.95. The van der Waals surface area contributed by atoms with E-state index in [-0.39, 0.29) is 12.5 Å². The van der Waals surface area contributed by atoms with Crippen LogP contribution in [-0.2, 0) is 9.53 Å². The first-order valence-electron chi connectivity index (χ1n) is 6.32. The van der Waals surface area contributed by atoms with Crippen molar-refractivity contribution in [2.45, 2.75) is 50.6 Å². The number of ether oxygens (including phenoxy) is 1. The van der Waals surface area contributed by atoms with Crippen LogP contribution in [0.4, 0.5) is 0 Å². The fraction of sp³-hybridized carbons (Fsp3) is 0.917. The zero-order valence-electron chi connectivity index (χ0n) is 9.73. The second-order valence-corrected chi connectivity index (χ2v) is 4.86. The van der Waals surface area contributed by atoms with Crippen LogP contribution in [0.5, 0.6) is 0 Å². The van der Waals surface area contributed by atoms with Crippen LogP contribution in [0.15, 0.2) is 0 Å². The van der Waals surface area contributed by atoms with Gasteiger partial charge in [-0.05, 0) is 12.8 Å². The summed E-state index contributed by atoms with van der Waals surface area (Å²) in [6, 6.07) is 0.691. The van der Waals surface area contributed by atoms with Crippen LogP contribution in [-0.4, -0.2) is 47.8 Å². The smallest absolute Gasteiger partial charge is 0.305 e. The fourth-order valence-electron chi connectivity index (χ4n) is 2.94. The average Bonchev–Trinajstić information content (AvgIpc) is 2.30. The van der Waals surface area contributed by atoms with Gasteiger partial charge in [0.2, 0.25) is 0 Å². The molecule has 0 amide bonds. The van der Waals surface area contributed by atoms with Gasteiger partial charge in [-0.25, -0.2) is 0 Å². The van der Waals surface area contributed by atoms with Crippen molar-refractivity contribution in [3.63, 3.8) is 0 Å². The van der Waals surface area contributed by atoms with E-state index in [1.54, 1.807) is 0 Å². The summed E-state index contributed by atoms with van der Waals surface area (Å²) in [6.45, 7) is 2.25. The number of hydrogen-bond acceptors (Lipinski definition) is 3. The van der Waals surface area contributed by atoms with Crippen LogP contribution in [0.3, 0.4) is 0 Å². The van der Waals surface area contributed by atoms with Crippen molar-refractivity contribution in [3.05, 3.63) is 0 Å². The Morgan fingerprint density at radius 1 is 1.31 bits per heavy atom. The monoisotopic (exact) mass is 227 g/mol. The highest BCUT2D eigenvalue weighted by Gasteiger charge is 2.31. The topological polar surface area (TPSA) is 49.8 Å². The Morgan fingerprint density at radius 3 is 2.75 bits per heavy atom. The first-order valence-corrected chi connectivity index (χ1v) is 6.32. The van der Waals surface area contributed by atoms with Crippen LogP contribution >= 0.6 is 0 Å². The van der Waals surface area contributed by atoms with Gasteiger partial charge in [0, 0.05) is 18.6 Å². The van der Waals surface area contributed by atoms with Crippen molar-refractivity contribution >= 4 is 5.97 Å². The van der Waals surface area contributed by atoms with E-state index < -0.39 is 5.97 Å². The highest BCUT2D eigenvalue weighted by atomic mass is 16.5. The summed E-state index contributed by atoms with van der Waals surface area (Å²) in [4.78, 5) is 13.2. The van der Waals surface area contributed by atoms with Gasteiger partial charge >= 0.3 is 5.97 Å². The van der Waals surface area contributed by atoms with E-state index in [1.165, 1.54) is 32.1 Å². The van der Waals surface area contributed by atoms with E-state index in [4.69, 9.17) is 9.84 Å². The predicted molar refractivity (Wildman–Crippen MR) is 60.4 cm³/mol. The van der Waals surface area contributed by atoms with Crippen LogP contribution in [0.2, 0.25) is 0 Å². The minimum absolute atomic E-state index is 0.0920. The Kier molecular flexibility index (Phi) is 4.18. The molecule has 2 aliphatic rings. The highest BCUT2D eigenvalue weighted by Crippen LogP contribution is 2.26. The molecule has 2 rings (SSSR count). The van der Waals surface area contributed by atoms with Gasteiger partial charge in [-0.1, -0.05) is 19.3 Å². The molecule has 1 unspecified atom stereocenters. The largest absolute Gasteiger partial charge is 0.481 e. The molecular formula is C12H21NO3. The first-order chi connectivity index (χ1) is 7.77. The molecule has 0 aromatic rings. The number of nitrogens with zero attached hydrogens (tertiary/aromatic N) is 1. The maximum absolute atomic E-state index is 10.8. The predicted octanol–water partition coefficient (Wildman–Crippen LogP) is 1.49.